The largest absolute Gasteiger partial charge is 0.383 e. The standard InChI is InChI=1S/C22H31N3O3S/c1-16(2)25(17(3)4)29(27,28)19-11-12-21(23-14-19)24-15-22(26)13-7-9-18-8-5-6-10-20(18)22/h5-6,8,10-12,14,16-17,26H,7,9,13,15H2,1-4H3,(H,23,24). The minimum absolute atomic E-state index is 0.140. The number of nitrogens with one attached hydrogen (secondary N) is 1. The van der Waals surface area contributed by atoms with Crippen molar-refractivity contribution in [2.24, 2.45) is 0 Å². The van der Waals surface area contributed by atoms with Gasteiger partial charge in [-0.1, -0.05) is 24.3 Å². The molecule has 0 spiro atoms. The van der Waals surface area contributed by atoms with Crippen LogP contribution < -0.4 is 5.32 Å². The lowest BCUT2D eigenvalue weighted by Crippen LogP contribution is -2.42. The van der Waals surface area contributed by atoms with Gasteiger partial charge in [0.05, 0.1) is 0 Å². The zero-order valence-corrected chi connectivity index (χ0v) is 18.4. The normalized spacial score (nSPS) is 19.6. The fourth-order valence-corrected chi connectivity index (χ4v) is 6.01. The molecule has 0 saturated carbocycles. The molecule has 2 N–H and O–H groups in total. The van der Waals surface area contributed by atoms with Gasteiger partial charge in [-0.05, 0) is 70.2 Å². The molecular weight excluding hydrogens is 386 g/mol. The van der Waals surface area contributed by atoms with Gasteiger partial charge >= 0.3 is 0 Å². The number of rotatable bonds is 7. The topological polar surface area (TPSA) is 82.5 Å². The molecule has 1 unspecified atom stereocenters. The van der Waals surface area contributed by atoms with Gasteiger partial charge in [0.2, 0.25) is 10.0 Å². The summed E-state index contributed by atoms with van der Waals surface area (Å²) in [5.74, 6) is 0.543. The number of hydrogen-bond acceptors (Lipinski definition) is 5. The van der Waals surface area contributed by atoms with Gasteiger partial charge in [-0.15, -0.1) is 0 Å². The van der Waals surface area contributed by atoms with Crippen LogP contribution in [0.25, 0.3) is 0 Å². The molecule has 6 nitrogen and oxygen atoms in total. The zero-order chi connectivity index (χ0) is 21.2. The van der Waals surface area contributed by atoms with Crippen LogP contribution in [0.15, 0.2) is 47.5 Å². The molecule has 1 aromatic heterocycles. The number of nitrogens with zero attached hydrogens (tertiary/aromatic N) is 2. The molecule has 0 fully saturated rings. The number of aromatic nitrogens is 1. The number of aryl methyl sites for hydroxylation is 1. The predicted octanol–water partition coefficient (Wildman–Crippen LogP) is 3.53. The Kier molecular flexibility index (Phi) is 6.31. The third-order valence-electron chi connectivity index (χ3n) is 5.45. The maximum absolute atomic E-state index is 12.9. The highest BCUT2D eigenvalue weighted by molar-refractivity contribution is 7.89. The Balaban J connectivity index is 1.75. The van der Waals surface area contributed by atoms with Crippen LogP contribution in [0.4, 0.5) is 5.82 Å². The van der Waals surface area contributed by atoms with Gasteiger partial charge in [0.1, 0.15) is 16.3 Å². The predicted molar refractivity (Wildman–Crippen MR) is 115 cm³/mol. The van der Waals surface area contributed by atoms with Gasteiger partial charge in [0.25, 0.3) is 0 Å². The van der Waals surface area contributed by atoms with Crippen LogP contribution >= 0.6 is 0 Å². The van der Waals surface area contributed by atoms with Crippen molar-refractivity contribution in [3.8, 4) is 0 Å². The van der Waals surface area contributed by atoms with E-state index >= 15 is 0 Å². The van der Waals surface area contributed by atoms with E-state index in [1.54, 1.807) is 12.1 Å². The number of benzene rings is 1. The van der Waals surface area contributed by atoms with E-state index in [1.165, 1.54) is 16.1 Å². The van der Waals surface area contributed by atoms with E-state index in [-0.39, 0.29) is 17.0 Å². The van der Waals surface area contributed by atoms with Crippen molar-refractivity contribution in [1.82, 2.24) is 9.29 Å². The first-order valence-electron chi connectivity index (χ1n) is 10.2. The van der Waals surface area contributed by atoms with Crippen molar-refractivity contribution < 1.29 is 13.5 Å². The molecule has 0 amide bonds. The van der Waals surface area contributed by atoms with Crippen LogP contribution in [-0.2, 0) is 22.0 Å². The quantitative estimate of drug-likeness (QED) is 0.720. The molecule has 1 aliphatic carbocycles. The molecule has 1 atom stereocenters. The van der Waals surface area contributed by atoms with Crippen molar-refractivity contribution >= 4 is 15.8 Å². The molecule has 0 bridgehead atoms. The summed E-state index contributed by atoms with van der Waals surface area (Å²) in [4.78, 5) is 4.46. The summed E-state index contributed by atoms with van der Waals surface area (Å²) in [6, 6.07) is 10.9. The smallest absolute Gasteiger partial charge is 0.245 e. The molecule has 1 heterocycles. The number of hydrogen-bond donors (Lipinski definition) is 2. The van der Waals surface area contributed by atoms with Crippen LogP contribution in [0.3, 0.4) is 0 Å². The minimum atomic E-state index is -3.61. The molecule has 0 radical (unpaired) electrons. The highest BCUT2D eigenvalue weighted by Gasteiger charge is 2.34. The molecule has 3 rings (SSSR count). The Morgan fingerprint density at radius 1 is 1.14 bits per heavy atom. The maximum Gasteiger partial charge on any atom is 0.245 e. The van der Waals surface area contributed by atoms with Crippen LogP contribution in [0.5, 0.6) is 0 Å². The SMILES string of the molecule is CC(C)N(C(C)C)S(=O)(=O)c1ccc(NCC2(O)CCCc3ccccc32)nc1. The van der Waals surface area contributed by atoms with E-state index in [2.05, 4.69) is 16.4 Å². The lowest BCUT2D eigenvalue weighted by Gasteiger charge is -2.34. The molecule has 29 heavy (non-hydrogen) atoms. The first-order chi connectivity index (χ1) is 13.6. The number of fused-ring (bicyclic) bond motifs is 1. The summed E-state index contributed by atoms with van der Waals surface area (Å²) in [7, 11) is -3.61. The zero-order valence-electron chi connectivity index (χ0n) is 17.6. The second kappa shape index (κ2) is 8.42. The summed E-state index contributed by atoms with van der Waals surface area (Å²) in [6.45, 7) is 7.79. The fourth-order valence-electron chi connectivity index (χ4n) is 4.23. The third kappa shape index (κ3) is 4.47. The maximum atomic E-state index is 12.9. The van der Waals surface area contributed by atoms with Gasteiger partial charge in [0.15, 0.2) is 0 Å². The van der Waals surface area contributed by atoms with Gasteiger partial charge in [-0.3, -0.25) is 0 Å². The average molecular weight is 418 g/mol. The van der Waals surface area contributed by atoms with Gasteiger partial charge in [-0.25, -0.2) is 13.4 Å². The lowest BCUT2D eigenvalue weighted by molar-refractivity contribution is 0.0322. The fraction of sp³-hybridized carbons (Fsp3) is 0.500. The summed E-state index contributed by atoms with van der Waals surface area (Å²) in [5.41, 5.74) is 1.19. The summed E-state index contributed by atoms with van der Waals surface area (Å²) < 4.78 is 27.4. The van der Waals surface area contributed by atoms with E-state index in [9.17, 15) is 13.5 Å². The Morgan fingerprint density at radius 3 is 2.45 bits per heavy atom. The molecule has 2 aromatic rings. The Labute approximate surface area is 174 Å². The van der Waals surface area contributed by atoms with Gasteiger partial charge in [0, 0.05) is 24.8 Å². The second-order valence-corrected chi connectivity index (χ2v) is 10.1. The summed E-state index contributed by atoms with van der Waals surface area (Å²) >= 11 is 0. The summed E-state index contributed by atoms with van der Waals surface area (Å²) in [6.07, 6.45) is 3.97. The molecule has 1 aliphatic rings. The van der Waals surface area contributed by atoms with E-state index in [0.717, 1.165) is 18.4 Å². The lowest BCUT2D eigenvalue weighted by atomic mass is 9.79. The van der Waals surface area contributed by atoms with E-state index in [4.69, 9.17) is 0 Å². The van der Waals surface area contributed by atoms with Crippen LogP contribution in [-0.4, -0.2) is 41.4 Å². The highest BCUT2D eigenvalue weighted by Crippen LogP contribution is 2.35. The van der Waals surface area contributed by atoms with E-state index in [1.807, 2.05) is 45.9 Å². The number of aliphatic hydroxyl groups is 1. The highest BCUT2D eigenvalue weighted by atomic mass is 32.2. The Hall–Kier alpha value is -1.96. The molecular formula is C22H31N3O3S. The van der Waals surface area contributed by atoms with Crippen molar-refractivity contribution in [3.05, 3.63) is 53.7 Å². The minimum Gasteiger partial charge on any atom is -0.383 e. The van der Waals surface area contributed by atoms with Crippen molar-refractivity contribution in [1.29, 1.82) is 0 Å². The molecule has 0 saturated heterocycles. The van der Waals surface area contributed by atoms with Crippen LogP contribution in [0.1, 0.15) is 51.7 Å². The van der Waals surface area contributed by atoms with Crippen LogP contribution in [0, 0.1) is 0 Å². The number of sulfonamides is 1. The van der Waals surface area contributed by atoms with Gasteiger partial charge < -0.3 is 10.4 Å². The summed E-state index contributed by atoms with van der Waals surface area (Å²) in [5, 5.41) is 14.4. The number of anilines is 1. The molecule has 7 heteroatoms. The van der Waals surface area contributed by atoms with Crippen molar-refractivity contribution in [3.63, 3.8) is 0 Å². The van der Waals surface area contributed by atoms with Crippen LogP contribution in [0.2, 0.25) is 0 Å². The van der Waals surface area contributed by atoms with Crippen molar-refractivity contribution in [2.75, 3.05) is 11.9 Å². The van der Waals surface area contributed by atoms with E-state index in [0.29, 0.717) is 18.8 Å². The second-order valence-electron chi connectivity index (χ2n) is 8.30. The average Bonchev–Trinajstić information content (AvgIpc) is 2.66. The van der Waals surface area contributed by atoms with E-state index < -0.39 is 15.6 Å². The van der Waals surface area contributed by atoms with Crippen molar-refractivity contribution in [2.45, 2.75) is 69.5 Å². The molecule has 0 aliphatic heterocycles. The third-order valence-corrected chi connectivity index (χ3v) is 7.68. The first-order valence-corrected chi connectivity index (χ1v) is 11.6. The molecule has 1 aromatic carbocycles. The molecule has 158 valence electrons. The number of pyridine rings is 1. The Morgan fingerprint density at radius 2 is 1.83 bits per heavy atom. The van der Waals surface area contributed by atoms with Gasteiger partial charge in [-0.2, -0.15) is 4.31 Å². The monoisotopic (exact) mass is 417 g/mol. The first kappa shape index (κ1) is 21.7. The Bertz CT molecular complexity index is 934.